The Hall–Kier alpha value is -3.09. The number of amides is 3. The lowest BCUT2D eigenvalue weighted by Gasteiger charge is -2.16. The molecule has 0 bridgehead atoms. The van der Waals surface area contributed by atoms with E-state index in [1.807, 2.05) is 13.0 Å². The fraction of sp³-hybridized carbons (Fsp3) is 0.278. The second-order valence-electron chi connectivity index (χ2n) is 6.26. The van der Waals surface area contributed by atoms with Crippen LogP contribution in [-0.4, -0.2) is 29.6 Å². The van der Waals surface area contributed by atoms with Gasteiger partial charge in [-0.25, -0.2) is 9.69 Å². The fourth-order valence-electron chi connectivity index (χ4n) is 2.53. The van der Waals surface area contributed by atoms with Crippen molar-refractivity contribution in [3.05, 3.63) is 42.0 Å². The highest BCUT2D eigenvalue weighted by Gasteiger charge is 2.45. The summed E-state index contributed by atoms with van der Waals surface area (Å²) < 4.78 is 11.0. The third-order valence-electron chi connectivity index (χ3n) is 3.90. The minimum Gasteiger partial charge on any atom is -0.496 e. The molecule has 1 aliphatic rings. The number of hydrogen-bond donors (Lipinski definition) is 1. The number of benzene rings is 1. The third kappa shape index (κ3) is 3.13. The van der Waals surface area contributed by atoms with Crippen molar-refractivity contribution in [2.45, 2.75) is 26.3 Å². The van der Waals surface area contributed by atoms with Crippen molar-refractivity contribution >= 4 is 17.8 Å². The molecule has 0 radical (unpaired) electrons. The monoisotopic (exact) mass is 341 g/mol. The van der Waals surface area contributed by atoms with Gasteiger partial charge in [-0.3, -0.25) is 4.79 Å². The van der Waals surface area contributed by atoms with Crippen LogP contribution in [0.5, 0.6) is 17.4 Å². The normalized spacial score (nSPS) is 15.9. The Bertz CT molecular complexity index is 848. The number of imide groups is 1. The molecule has 130 valence electrons. The molecule has 1 aromatic heterocycles. The summed E-state index contributed by atoms with van der Waals surface area (Å²) in [6.45, 7) is 5.22. The van der Waals surface area contributed by atoms with E-state index in [4.69, 9.17) is 9.47 Å². The van der Waals surface area contributed by atoms with Crippen molar-refractivity contribution in [2.75, 3.05) is 12.0 Å². The van der Waals surface area contributed by atoms with Gasteiger partial charge >= 0.3 is 6.03 Å². The molecule has 7 heteroatoms. The molecule has 2 aromatic rings. The Labute approximate surface area is 145 Å². The first-order valence-corrected chi connectivity index (χ1v) is 7.78. The van der Waals surface area contributed by atoms with E-state index in [1.165, 1.54) is 0 Å². The SMILES string of the molecule is COc1cc(Oc2cccc(N3C(=O)NC(C)(C)C3=O)n2)ccc1C. The van der Waals surface area contributed by atoms with E-state index in [2.05, 4.69) is 10.3 Å². The van der Waals surface area contributed by atoms with E-state index >= 15 is 0 Å². The van der Waals surface area contributed by atoms with Gasteiger partial charge in [0.15, 0.2) is 0 Å². The van der Waals surface area contributed by atoms with Gasteiger partial charge in [0, 0.05) is 12.1 Å². The zero-order chi connectivity index (χ0) is 18.2. The average Bonchev–Trinajstić information content (AvgIpc) is 2.77. The van der Waals surface area contributed by atoms with Crippen molar-refractivity contribution < 1.29 is 19.1 Å². The summed E-state index contributed by atoms with van der Waals surface area (Å²) in [5.41, 5.74) is 0.0260. The fourth-order valence-corrected chi connectivity index (χ4v) is 2.53. The van der Waals surface area contributed by atoms with Crippen LogP contribution in [0.15, 0.2) is 36.4 Å². The van der Waals surface area contributed by atoms with Gasteiger partial charge in [-0.2, -0.15) is 4.98 Å². The molecule has 2 heterocycles. The summed E-state index contributed by atoms with van der Waals surface area (Å²) in [5.74, 6) is 1.37. The topological polar surface area (TPSA) is 80.8 Å². The second kappa shape index (κ2) is 6.08. The molecule has 0 aliphatic carbocycles. The highest BCUT2D eigenvalue weighted by atomic mass is 16.5. The summed E-state index contributed by atoms with van der Waals surface area (Å²) in [6.07, 6.45) is 0. The Balaban J connectivity index is 1.88. The molecule has 25 heavy (non-hydrogen) atoms. The first kappa shape index (κ1) is 16.8. The van der Waals surface area contributed by atoms with Gasteiger partial charge in [-0.05, 0) is 38.5 Å². The number of aryl methyl sites for hydroxylation is 1. The van der Waals surface area contributed by atoms with Gasteiger partial charge in [0.2, 0.25) is 5.88 Å². The Morgan fingerprint density at radius 1 is 1.16 bits per heavy atom. The zero-order valence-corrected chi connectivity index (χ0v) is 14.5. The predicted molar refractivity (Wildman–Crippen MR) is 92.1 cm³/mol. The number of carbonyl (C=O) groups excluding carboxylic acids is 2. The van der Waals surface area contributed by atoms with Crippen LogP contribution in [0.3, 0.4) is 0 Å². The molecule has 1 aliphatic heterocycles. The number of pyridine rings is 1. The smallest absolute Gasteiger partial charge is 0.330 e. The van der Waals surface area contributed by atoms with Gasteiger partial charge in [-0.1, -0.05) is 12.1 Å². The number of urea groups is 1. The lowest BCUT2D eigenvalue weighted by Crippen LogP contribution is -2.40. The van der Waals surface area contributed by atoms with E-state index in [0.29, 0.717) is 11.5 Å². The highest BCUT2D eigenvalue weighted by molar-refractivity contribution is 6.22. The van der Waals surface area contributed by atoms with E-state index in [9.17, 15) is 9.59 Å². The summed E-state index contributed by atoms with van der Waals surface area (Å²) >= 11 is 0. The van der Waals surface area contributed by atoms with E-state index in [-0.39, 0.29) is 17.6 Å². The zero-order valence-electron chi connectivity index (χ0n) is 14.5. The molecule has 0 unspecified atom stereocenters. The van der Waals surface area contributed by atoms with Crippen LogP contribution in [0.25, 0.3) is 0 Å². The molecule has 3 amide bonds. The number of methoxy groups -OCH3 is 1. The number of nitrogens with one attached hydrogen (secondary N) is 1. The molecule has 1 aromatic carbocycles. The van der Waals surface area contributed by atoms with Crippen molar-refractivity contribution in [2.24, 2.45) is 0 Å². The quantitative estimate of drug-likeness (QED) is 0.865. The minimum absolute atomic E-state index is 0.213. The standard InChI is InChI=1S/C18H19N3O4/c1-11-8-9-12(10-13(11)24-4)25-15-7-5-6-14(19-15)21-16(22)18(2,3)20-17(21)23/h5-10H,1-4H3,(H,20,23). The van der Waals surface area contributed by atoms with Crippen molar-refractivity contribution in [1.29, 1.82) is 0 Å². The number of aromatic nitrogens is 1. The minimum atomic E-state index is -0.958. The number of nitrogens with zero attached hydrogens (tertiary/aromatic N) is 2. The number of hydrogen-bond acceptors (Lipinski definition) is 5. The molecular formula is C18H19N3O4. The highest BCUT2D eigenvalue weighted by Crippen LogP contribution is 2.29. The van der Waals surface area contributed by atoms with Crippen LogP contribution in [0.2, 0.25) is 0 Å². The first-order chi connectivity index (χ1) is 11.8. The van der Waals surface area contributed by atoms with Crippen LogP contribution in [0.4, 0.5) is 10.6 Å². The summed E-state index contributed by atoms with van der Waals surface area (Å²) in [5, 5.41) is 2.62. The van der Waals surface area contributed by atoms with Gasteiger partial charge in [0.25, 0.3) is 5.91 Å². The van der Waals surface area contributed by atoms with Crippen LogP contribution in [-0.2, 0) is 4.79 Å². The molecule has 0 saturated carbocycles. The van der Waals surface area contributed by atoms with Crippen molar-refractivity contribution in [1.82, 2.24) is 10.3 Å². The van der Waals surface area contributed by atoms with Gasteiger partial charge in [-0.15, -0.1) is 0 Å². The van der Waals surface area contributed by atoms with Crippen LogP contribution >= 0.6 is 0 Å². The Kier molecular flexibility index (Phi) is 4.08. The third-order valence-corrected chi connectivity index (χ3v) is 3.90. The molecular weight excluding hydrogens is 322 g/mol. The number of anilines is 1. The molecule has 1 saturated heterocycles. The maximum absolute atomic E-state index is 12.4. The molecule has 7 nitrogen and oxygen atoms in total. The molecule has 0 atom stereocenters. The predicted octanol–water partition coefficient (Wildman–Crippen LogP) is 3.03. The summed E-state index contributed by atoms with van der Waals surface area (Å²) in [4.78, 5) is 29.8. The van der Waals surface area contributed by atoms with Crippen LogP contribution in [0.1, 0.15) is 19.4 Å². The first-order valence-electron chi connectivity index (χ1n) is 7.78. The lowest BCUT2D eigenvalue weighted by atomic mass is 10.1. The van der Waals surface area contributed by atoms with Gasteiger partial charge in [0.05, 0.1) is 7.11 Å². The summed E-state index contributed by atoms with van der Waals surface area (Å²) in [7, 11) is 1.59. The van der Waals surface area contributed by atoms with Crippen molar-refractivity contribution in [3.8, 4) is 17.4 Å². The number of carbonyl (C=O) groups is 2. The molecule has 1 N–H and O–H groups in total. The lowest BCUT2D eigenvalue weighted by molar-refractivity contribution is -0.121. The maximum atomic E-state index is 12.4. The largest absolute Gasteiger partial charge is 0.496 e. The molecule has 1 fully saturated rings. The van der Waals surface area contributed by atoms with Gasteiger partial charge < -0.3 is 14.8 Å². The van der Waals surface area contributed by atoms with E-state index < -0.39 is 11.6 Å². The number of rotatable bonds is 4. The van der Waals surface area contributed by atoms with Crippen LogP contribution < -0.4 is 19.7 Å². The Morgan fingerprint density at radius 2 is 1.92 bits per heavy atom. The Morgan fingerprint density at radius 3 is 2.56 bits per heavy atom. The van der Waals surface area contributed by atoms with E-state index in [1.54, 1.807) is 51.3 Å². The maximum Gasteiger partial charge on any atom is 0.330 e. The second-order valence-corrected chi connectivity index (χ2v) is 6.26. The van der Waals surface area contributed by atoms with Crippen molar-refractivity contribution in [3.63, 3.8) is 0 Å². The number of ether oxygens (including phenoxy) is 2. The molecule has 0 spiro atoms. The molecule has 3 rings (SSSR count). The van der Waals surface area contributed by atoms with Gasteiger partial charge in [0.1, 0.15) is 22.9 Å². The van der Waals surface area contributed by atoms with Crippen LogP contribution in [0, 0.1) is 6.92 Å². The summed E-state index contributed by atoms with van der Waals surface area (Å²) in [6, 6.07) is 9.83. The average molecular weight is 341 g/mol. The van der Waals surface area contributed by atoms with E-state index in [0.717, 1.165) is 10.5 Å².